The van der Waals surface area contributed by atoms with Gasteiger partial charge in [-0.1, -0.05) is 26.0 Å². The molecule has 108 valence electrons. The quantitative estimate of drug-likeness (QED) is 0.846. The van der Waals surface area contributed by atoms with Crippen LogP contribution in [-0.4, -0.2) is 23.2 Å². The predicted molar refractivity (Wildman–Crippen MR) is 80.6 cm³/mol. The van der Waals surface area contributed by atoms with E-state index in [9.17, 15) is 5.11 Å². The maximum atomic E-state index is 9.40. The lowest BCUT2D eigenvalue weighted by Gasteiger charge is -2.26. The fourth-order valence-electron chi connectivity index (χ4n) is 1.86. The number of nitrogens with one attached hydrogen (secondary N) is 1. The largest absolute Gasteiger partial charge is 0.449 e. The van der Waals surface area contributed by atoms with E-state index in [1.54, 1.807) is 6.26 Å². The van der Waals surface area contributed by atoms with Gasteiger partial charge in [0.05, 0.1) is 6.61 Å². The van der Waals surface area contributed by atoms with Crippen molar-refractivity contribution in [2.24, 2.45) is 5.41 Å². The highest BCUT2D eigenvalue weighted by Crippen LogP contribution is 2.23. The third-order valence-corrected chi connectivity index (χ3v) is 3.75. The maximum absolute atomic E-state index is 9.40. The Morgan fingerprint density at radius 1 is 1.30 bits per heavy atom. The van der Waals surface area contributed by atoms with Crippen LogP contribution in [0.15, 0.2) is 34.9 Å². The zero-order chi connectivity index (χ0) is 14.6. The summed E-state index contributed by atoms with van der Waals surface area (Å²) >= 11 is 0. The molecule has 0 saturated carbocycles. The Morgan fingerprint density at radius 2 is 2.00 bits per heavy atom. The summed E-state index contributed by atoms with van der Waals surface area (Å²) in [5.74, 6) is 0.670. The average Bonchev–Trinajstić information content (AvgIpc) is 2.92. The van der Waals surface area contributed by atoms with Crippen LogP contribution < -0.4 is 5.32 Å². The molecule has 0 amide bonds. The number of nitrogens with zero attached hydrogens (tertiary/aromatic N) is 1. The maximum Gasteiger partial charge on any atom is 0.191 e. The highest BCUT2D eigenvalue weighted by atomic mass is 16.3. The van der Waals surface area contributed by atoms with Crippen LogP contribution in [0.5, 0.6) is 0 Å². The third kappa shape index (κ3) is 3.39. The molecule has 20 heavy (non-hydrogen) atoms. The summed E-state index contributed by atoms with van der Waals surface area (Å²) < 4.78 is 5.22. The lowest BCUT2D eigenvalue weighted by atomic mass is 9.88. The summed E-state index contributed by atoms with van der Waals surface area (Å²) in [6.07, 6.45) is 2.60. The number of aryl methyl sites for hydroxylation is 1. The number of hydrogen-bond donors (Lipinski definition) is 2. The number of aliphatic hydroxyl groups is 1. The van der Waals surface area contributed by atoms with Gasteiger partial charge in [-0.05, 0) is 18.6 Å². The van der Waals surface area contributed by atoms with Crippen molar-refractivity contribution in [1.82, 2.24) is 4.98 Å². The van der Waals surface area contributed by atoms with Crippen molar-refractivity contribution in [3.8, 4) is 11.3 Å². The first-order valence-electron chi connectivity index (χ1n) is 6.93. The molecular formula is C16H22N2O2. The van der Waals surface area contributed by atoms with Gasteiger partial charge in [0.1, 0.15) is 12.0 Å². The van der Waals surface area contributed by atoms with E-state index in [0.717, 1.165) is 29.9 Å². The van der Waals surface area contributed by atoms with Crippen LogP contribution in [0.4, 0.5) is 5.69 Å². The monoisotopic (exact) mass is 274 g/mol. The second kappa shape index (κ2) is 6.09. The van der Waals surface area contributed by atoms with Gasteiger partial charge >= 0.3 is 0 Å². The molecule has 0 aliphatic carbocycles. The van der Waals surface area contributed by atoms with Crippen molar-refractivity contribution in [1.29, 1.82) is 0 Å². The van der Waals surface area contributed by atoms with E-state index < -0.39 is 0 Å². The molecule has 1 atom stereocenters. The van der Waals surface area contributed by atoms with Crippen LogP contribution in [0.2, 0.25) is 0 Å². The van der Waals surface area contributed by atoms with Gasteiger partial charge < -0.3 is 14.8 Å². The highest BCUT2D eigenvalue weighted by molar-refractivity contribution is 5.61. The van der Waals surface area contributed by atoms with E-state index in [-0.39, 0.29) is 12.0 Å². The van der Waals surface area contributed by atoms with Crippen molar-refractivity contribution in [2.45, 2.75) is 27.2 Å². The van der Waals surface area contributed by atoms with Gasteiger partial charge in [0.2, 0.25) is 0 Å². The Morgan fingerprint density at radius 3 is 2.50 bits per heavy atom. The second-order valence-electron chi connectivity index (χ2n) is 5.50. The number of oxazole rings is 1. The molecule has 0 bridgehead atoms. The molecule has 1 unspecified atom stereocenters. The van der Waals surface area contributed by atoms with E-state index in [1.165, 1.54) is 0 Å². The van der Waals surface area contributed by atoms with Crippen LogP contribution in [0.1, 0.15) is 26.2 Å². The summed E-state index contributed by atoms with van der Waals surface area (Å²) in [5.41, 5.74) is 2.85. The Labute approximate surface area is 119 Å². The first-order chi connectivity index (χ1) is 9.56. The van der Waals surface area contributed by atoms with Gasteiger partial charge in [-0.2, -0.15) is 0 Å². The Hall–Kier alpha value is -1.81. The van der Waals surface area contributed by atoms with Crippen molar-refractivity contribution in [2.75, 3.05) is 18.5 Å². The van der Waals surface area contributed by atoms with Crippen molar-refractivity contribution in [3.63, 3.8) is 0 Å². The normalized spacial score (nSPS) is 14.0. The number of rotatable bonds is 6. The van der Waals surface area contributed by atoms with E-state index in [0.29, 0.717) is 5.89 Å². The van der Waals surface area contributed by atoms with Gasteiger partial charge in [-0.25, -0.2) is 4.98 Å². The standard InChI is InChI=1S/C16H22N2O2/c1-4-16(3,11-19)10-17-14-7-5-13(6-8-14)15-9-20-12(2)18-15/h5-9,17,19H,4,10-11H2,1-3H3. The Bertz CT molecular complexity index is 542. The Kier molecular flexibility index (Phi) is 4.45. The minimum absolute atomic E-state index is 0.0815. The molecule has 0 saturated heterocycles. The molecule has 0 spiro atoms. The van der Waals surface area contributed by atoms with Crippen LogP contribution in [0.25, 0.3) is 11.3 Å². The van der Waals surface area contributed by atoms with Crippen LogP contribution in [0.3, 0.4) is 0 Å². The zero-order valence-electron chi connectivity index (χ0n) is 12.3. The average molecular weight is 274 g/mol. The molecule has 4 nitrogen and oxygen atoms in total. The third-order valence-electron chi connectivity index (χ3n) is 3.75. The van der Waals surface area contributed by atoms with Crippen molar-refractivity contribution < 1.29 is 9.52 Å². The molecule has 1 aromatic carbocycles. The summed E-state index contributed by atoms with van der Waals surface area (Å²) in [7, 11) is 0. The first-order valence-corrected chi connectivity index (χ1v) is 6.93. The summed E-state index contributed by atoms with van der Waals surface area (Å²) in [6.45, 7) is 6.94. The predicted octanol–water partition coefficient (Wildman–Crippen LogP) is 3.47. The summed E-state index contributed by atoms with van der Waals surface area (Å²) in [6, 6.07) is 8.07. The highest BCUT2D eigenvalue weighted by Gasteiger charge is 2.20. The van der Waals surface area contributed by atoms with Crippen molar-refractivity contribution >= 4 is 5.69 Å². The van der Waals surface area contributed by atoms with Gasteiger partial charge in [-0.3, -0.25) is 0 Å². The minimum Gasteiger partial charge on any atom is -0.449 e. The number of anilines is 1. The number of aromatic nitrogens is 1. The molecule has 2 N–H and O–H groups in total. The summed E-state index contributed by atoms with van der Waals surface area (Å²) in [4.78, 5) is 4.30. The van der Waals surface area contributed by atoms with Crippen LogP contribution >= 0.6 is 0 Å². The minimum atomic E-state index is -0.0815. The second-order valence-corrected chi connectivity index (χ2v) is 5.50. The van der Waals surface area contributed by atoms with Gasteiger partial charge in [0, 0.05) is 30.1 Å². The fraction of sp³-hybridized carbons (Fsp3) is 0.438. The fourth-order valence-corrected chi connectivity index (χ4v) is 1.86. The Balaban J connectivity index is 2.02. The lowest BCUT2D eigenvalue weighted by molar-refractivity contribution is 0.149. The number of aliphatic hydroxyl groups excluding tert-OH is 1. The molecule has 1 heterocycles. The van der Waals surface area contributed by atoms with E-state index in [4.69, 9.17) is 4.42 Å². The van der Waals surface area contributed by atoms with Crippen LogP contribution in [0, 0.1) is 12.3 Å². The van der Waals surface area contributed by atoms with Gasteiger partial charge in [-0.15, -0.1) is 0 Å². The number of benzene rings is 1. The molecule has 2 aromatic rings. The number of hydrogen-bond acceptors (Lipinski definition) is 4. The lowest BCUT2D eigenvalue weighted by Crippen LogP contribution is -2.29. The van der Waals surface area contributed by atoms with E-state index >= 15 is 0 Å². The molecule has 0 fully saturated rings. The first kappa shape index (κ1) is 14.6. The van der Waals surface area contributed by atoms with Gasteiger partial charge in [0.15, 0.2) is 5.89 Å². The zero-order valence-corrected chi connectivity index (χ0v) is 12.3. The molecular weight excluding hydrogens is 252 g/mol. The molecule has 0 aliphatic heterocycles. The van der Waals surface area contributed by atoms with E-state index in [1.807, 2.05) is 31.2 Å². The van der Waals surface area contributed by atoms with Crippen molar-refractivity contribution in [3.05, 3.63) is 36.4 Å². The smallest absolute Gasteiger partial charge is 0.191 e. The van der Waals surface area contributed by atoms with Gasteiger partial charge in [0.25, 0.3) is 0 Å². The molecule has 0 aliphatic rings. The van der Waals surface area contributed by atoms with E-state index in [2.05, 4.69) is 24.1 Å². The molecule has 0 radical (unpaired) electrons. The molecule has 2 rings (SSSR count). The topological polar surface area (TPSA) is 58.3 Å². The molecule has 1 aromatic heterocycles. The molecule has 4 heteroatoms. The van der Waals surface area contributed by atoms with Crippen LogP contribution in [-0.2, 0) is 0 Å². The SMILES string of the molecule is CCC(C)(CO)CNc1ccc(-c2coc(C)n2)cc1. The summed E-state index contributed by atoms with van der Waals surface area (Å²) in [5, 5.41) is 12.8.